The van der Waals surface area contributed by atoms with E-state index in [9.17, 15) is 9.59 Å². The molecule has 3 rings (SSSR count). The lowest BCUT2D eigenvalue weighted by Crippen LogP contribution is -2.38. The van der Waals surface area contributed by atoms with Crippen LogP contribution in [0.15, 0.2) is 24.3 Å². The third-order valence-electron chi connectivity index (χ3n) is 7.72. The fraction of sp³-hybridized carbons (Fsp3) is 0.714. The quantitative estimate of drug-likeness (QED) is 0.293. The van der Waals surface area contributed by atoms with Crippen molar-refractivity contribution in [3.8, 4) is 0 Å². The standard InChI is InChI=1S/C28H44N2O3.ClH/c1-3-4-5-6-7-25(28(32)33-2)20-21-8-14-26(15-9-21)30-27(31)24-12-10-22(11-13-24)23-16-18-29-19-17-23;/h10-13,21,23,25-26,29H,3-9,14-20H2,1-2H3,(H,30,31);1H. The van der Waals surface area contributed by atoms with Crippen molar-refractivity contribution < 1.29 is 14.3 Å². The van der Waals surface area contributed by atoms with E-state index in [1.54, 1.807) is 0 Å². The first-order valence-corrected chi connectivity index (χ1v) is 13.3. The largest absolute Gasteiger partial charge is 0.469 e. The average molecular weight is 493 g/mol. The minimum Gasteiger partial charge on any atom is -0.469 e. The van der Waals surface area contributed by atoms with Gasteiger partial charge in [0, 0.05) is 11.6 Å². The molecule has 0 spiro atoms. The van der Waals surface area contributed by atoms with Crippen LogP contribution in [0.1, 0.15) is 106 Å². The van der Waals surface area contributed by atoms with Crippen molar-refractivity contribution in [2.45, 2.75) is 95.9 Å². The number of amides is 1. The summed E-state index contributed by atoms with van der Waals surface area (Å²) in [7, 11) is 1.51. The third-order valence-corrected chi connectivity index (χ3v) is 7.72. The molecule has 2 N–H and O–H groups in total. The topological polar surface area (TPSA) is 67.4 Å². The Kier molecular flexibility index (Phi) is 13.0. The van der Waals surface area contributed by atoms with Gasteiger partial charge in [-0.1, -0.05) is 44.7 Å². The Labute approximate surface area is 212 Å². The van der Waals surface area contributed by atoms with E-state index in [1.165, 1.54) is 44.8 Å². The van der Waals surface area contributed by atoms with Gasteiger partial charge in [-0.25, -0.2) is 0 Å². The summed E-state index contributed by atoms with van der Waals surface area (Å²) in [5.74, 6) is 1.19. The highest BCUT2D eigenvalue weighted by Gasteiger charge is 2.28. The Morgan fingerprint density at radius 1 is 1.00 bits per heavy atom. The van der Waals surface area contributed by atoms with Crippen LogP contribution in [0.5, 0.6) is 0 Å². The highest BCUT2D eigenvalue weighted by molar-refractivity contribution is 5.94. The van der Waals surface area contributed by atoms with Crippen molar-refractivity contribution in [1.29, 1.82) is 0 Å². The normalized spacial score (nSPS) is 21.8. The predicted molar refractivity (Wildman–Crippen MR) is 141 cm³/mol. The van der Waals surface area contributed by atoms with Gasteiger partial charge in [0.2, 0.25) is 0 Å². The van der Waals surface area contributed by atoms with Crippen LogP contribution in [0, 0.1) is 11.8 Å². The summed E-state index contributed by atoms with van der Waals surface area (Å²) in [5, 5.41) is 6.66. The molecule has 0 aromatic heterocycles. The Hall–Kier alpha value is -1.59. The highest BCUT2D eigenvalue weighted by atomic mass is 35.5. The molecule has 1 unspecified atom stereocenters. The van der Waals surface area contributed by atoms with Crippen LogP contribution in [0.2, 0.25) is 0 Å². The van der Waals surface area contributed by atoms with Gasteiger partial charge < -0.3 is 15.4 Å². The van der Waals surface area contributed by atoms with E-state index in [0.717, 1.165) is 63.6 Å². The third kappa shape index (κ3) is 8.88. The molecule has 2 aliphatic rings. The molecule has 34 heavy (non-hydrogen) atoms. The lowest BCUT2D eigenvalue weighted by atomic mass is 9.79. The molecule has 1 heterocycles. The molecule has 1 amide bonds. The van der Waals surface area contributed by atoms with Gasteiger partial charge >= 0.3 is 5.97 Å². The number of unbranched alkanes of at least 4 members (excludes halogenated alkanes) is 3. The van der Waals surface area contributed by atoms with Gasteiger partial charge in [0.15, 0.2) is 0 Å². The molecule has 0 radical (unpaired) electrons. The molecule has 1 atom stereocenters. The zero-order valence-electron chi connectivity index (χ0n) is 21.2. The number of carbonyl (C=O) groups excluding carboxylic acids is 2. The maximum atomic E-state index is 12.8. The van der Waals surface area contributed by atoms with Crippen LogP contribution in [0.4, 0.5) is 0 Å². The molecule has 1 aliphatic heterocycles. The second-order valence-corrected chi connectivity index (χ2v) is 10.1. The van der Waals surface area contributed by atoms with Gasteiger partial charge in [0.25, 0.3) is 5.91 Å². The average Bonchev–Trinajstić information content (AvgIpc) is 2.87. The van der Waals surface area contributed by atoms with E-state index in [1.807, 2.05) is 12.1 Å². The van der Waals surface area contributed by atoms with E-state index in [4.69, 9.17) is 4.74 Å². The molecule has 0 bridgehead atoms. The van der Waals surface area contributed by atoms with Gasteiger partial charge in [0.05, 0.1) is 13.0 Å². The molecule has 6 heteroatoms. The number of piperidine rings is 1. The second kappa shape index (κ2) is 15.4. The smallest absolute Gasteiger partial charge is 0.308 e. The molecule has 1 aromatic carbocycles. The first-order valence-electron chi connectivity index (χ1n) is 13.3. The lowest BCUT2D eigenvalue weighted by molar-refractivity contribution is -0.146. The van der Waals surface area contributed by atoms with Crippen molar-refractivity contribution in [3.05, 3.63) is 35.4 Å². The van der Waals surface area contributed by atoms with E-state index in [0.29, 0.717) is 11.8 Å². The highest BCUT2D eigenvalue weighted by Crippen LogP contribution is 2.32. The van der Waals surface area contributed by atoms with E-state index < -0.39 is 0 Å². The zero-order valence-corrected chi connectivity index (χ0v) is 22.0. The second-order valence-electron chi connectivity index (χ2n) is 10.1. The maximum absolute atomic E-state index is 12.8. The molecule has 1 aliphatic carbocycles. The fourth-order valence-electron chi connectivity index (χ4n) is 5.59. The van der Waals surface area contributed by atoms with Gasteiger partial charge in [0.1, 0.15) is 0 Å². The number of esters is 1. The molecular weight excluding hydrogens is 448 g/mol. The number of carbonyl (C=O) groups is 2. The number of rotatable bonds is 11. The predicted octanol–water partition coefficient (Wildman–Crippen LogP) is 6.01. The lowest BCUT2D eigenvalue weighted by Gasteiger charge is -2.31. The summed E-state index contributed by atoms with van der Waals surface area (Å²) in [4.78, 5) is 25.0. The van der Waals surface area contributed by atoms with Crippen LogP contribution in [-0.2, 0) is 9.53 Å². The van der Waals surface area contributed by atoms with Crippen LogP contribution in [0.3, 0.4) is 0 Å². The van der Waals surface area contributed by atoms with Crippen molar-refractivity contribution in [2.24, 2.45) is 11.8 Å². The molecule has 5 nitrogen and oxygen atoms in total. The Bertz CT molecular complexity index is 726. The van der Waals surface area contributed by atoms with Crippen LogP contribution >= 0.6 is 12.4 Å². The summed E-state index contributed by atoms with van der Waals surface area (Å²) in [5.41, 5.74) is 2.11. The minimum atomic E-state index is -0.0464. The summed E-state index contributed by atoms with van der Waals surface area (Å²) in [6.07, 6.45) is 13.1. The number of ether oxygens (including phenoxy) is 1. The summed E-state index contributed by atoms with van der Waals surface area (Å²) < 4.78 is 5.08. The first-order chi connectivity index (χ1) is 16.1. The van der Waals surface area contributed by atoms with Crippen molar-refractivity contribution in [2.75, 3.05) is 20.2 Å². The summed E-state index contributed by atoms with van der Waals surface area (Å²) in [6, 6.07) is 8.47. The van der Waals surface area contributed by atoms with Gasteiger partial charge in [-0.2, -0.15) is 0 Å². The van der Waals surface area contributed by atoms with Crippen LogP contribution in [0.25, 0.3) is 0 Å². The molecular formula is C28H45ClN2O3. The zero-order chi connectivity index (χ0) is 23.5. The van der Waals surface area contributed by atoms with E-state index in [2.05, 4.69) is 29.7 Å². The molecule has 1 aromatic rings. The SMILES string of the molecule is CCCCCCC(CC1CCC(NC(=O)c2ccc(C3CCNCC3)cc2)CC1)C(=O)OC.Cl. The number of hydrogen-bond acceptors (Lipinski definition) is 4. The van der Waals surface area contributed by atoms with E-state index in [-0.39, 0.29) is 36.2 Å². The number of hydrogen-bond donors (Lipinski definition) is 2. The molecule has 2 fully saturated rings. The maximum Gasteiger partial charge on any atom is 0.308 e. The van der Waals surface area contributed by atoms with E-state index >= 15 is 0 Å². The Morgan fingerprint density at radius 2 is 1.68 bits per heavy atom. The molecule has 1 saturated carbocycles. The van der Waals surface area contributed by atoms with Crippen molar-refractivity contribution in [3.63, 3.8) is 0 Å². The van der Waals surface area contributed by atoms with Gasteiger partial charge in [-0.05, 0) is 94.0 Å². The van der Waals surface area contributed by atoms with Gasteiger partial charge in [-0.3, -0.25) is 9.59 Å². The van der Waals surface area contributed by atoms with Crippen LogP contribution < -0.4 is 10.6 Å². The van der Waals surface area contributed by atoms with Crippen molar-refractivity contribution in [1.82, 2.24) is 10.6 Å². The summed E-state index contributed by atoms with van der Waals surface area (Å²) in [6.45, 7) is 4.36. The Morgan fingerprint density at radius 3 is 2.29 bits per heavy atom. The molecule has 192 valence electrons. The number of halogens is 1. The van der Waals surface area contributed by atoms with Crippen LogP contribution in [-0.4, -0.2) is 38.1 Å². The number of methoxy groups -OCH3 is 1. The molecule has 1 saturated heterocycles. The van der Waals surface area contributed by atoms with Gasteiger partial charge in [-0.15, -0.1) is 12.4 Å². The fourth-order valence-corrected chi connectivity index (χ4v) is 5.59. The number of nitrogens with one attached hydrogen (secondary N) is 2. The Balaban J connectivity index is 0.00000408. The first kappa shape index (κ1) is 28.6. The minimum absolute atomic E-state index is 0. The summed E-state index contributed by atoms with van der Waals surface area (Å²) >= 11 is 0. The van der Waals surface area contributed by atoms with Crippen molar-refractivity contribution >= 4 is 24.3 Å². The monoisotopic (exact) mass is 492 g/mol. The number of benzene rings is 1.